The number of nitrogens with one attached hydrogen (secondary N) is 1. The molecule has 2 saturated carbocycles. The Morgan fingerprint density at radius 1 is 0.754 bits per heavy atom. The average Bonchev–Trinajstić information content (AvgIpc) is 3.82. The molecule has 2 unspecified atom stereocenters. The molecule has 8 heterocycles. The number of halogens is 3. The zero-order chi connectivity index (χ0) is 43.7. The van der Waals surface area contributed by atoms with Crippen molar-refractivity contribution < 1.29 is 20.6 Å². The summed E-state index contributed by atoms with van der Waals surface area (Å²) in [6.07, 6.45) is 2.62. The summed E-state index contributed by atoms with van der Waals surface area (Å²) in [7, 11) is 3.41. The minimum Gasteiger partial charge on any atom is -0.371 e. The summed E-state index contributed by atoms with van der Waals surface area (Å²) < 4.78 is 56.7. The Hall–Kier alpha value is -6.83. The molecule has 6 atom stereocenters. The number of anilines is 2. The first-order valence-electron chi connectivity index (χ1n) is 20.4. The zero-order valence-corrected chi connectivity index (χ0v) is 33.3. The normalized spacial score (nSPS) is 22.6. The second kappa shape index (κ2) is 15.3. The zero-order valence-electron chi connectivity index (χ0n) is 34.6. The molecule has 61 heavy (non-hydrogen) atoms. The van der Waals surface area contributed by atoms with Gasteiger partial charge >= 0.3 is 0 Å². The molecular weight excluding hydrogens is 814 g/mol. The van der Waals surface area contributed by atoms with Crippen molar-refractivity contribution in [3.8, 4) is 0 Å². The molecule has 0 bridgehead atoms. The van der Waals surface area contributed by atoms with Gasteiger partial charge in [0.1, 0.15) is 33.1 Å². The van der Waals surface area contributed by atoms with Crippen LogP contribution in [0.4, 0.5) is 20.2 Å². The lowest BCUT2D eigenvalue weighted by Gasteiger charge is -2.21. The van der Waals surface area contributed by atoms with Gasteiger partial charge in [-0.25, -0.2) is 28.7 Å². The van der Waals surface area contributed by atoms with Crippen LogP contribution in [0, 0.1) is 35.3 Å². The highest BCUT2D eigenvalue weighted by molar-refractivity contribution is 6.16. The highest BCUT2D eigenvalue weighted by Gasteiger charge is 2.59. The summed E-state index contributed by atoms with van der Waals surface area (Å²) in [5.41, 5.74) is 2.41. The van der Waals surface area contributed by atoms with Crippen molar-refractivity contribution in [3.63, 3.8) is 0 Å². The molecule has 21 heteroatoms. The second-order valence-corrected chi connectivity index (χ2v) is 15.8. The summed E-state index contributed by atoms with van der Waals surface area (Å²) in [4.78, 5) is 55.1. The number of fused-ring (bicyclic) bond motifs is 4. The maximum Gasteiger partial charge on any atom is 0.280 e. The SMILES string of the molecule is Fc1cccc(N2C[C@@H]3C(c4noc(CCl)n4)[C@@H]3C2)c1.[2H]c1nc2ncn(C)c2c(=O)[nH]1.[2H]c1nc2ncn(C)c2c(=O)n1Cc1nc(C2[C@H]3CN(c4cccc(F)c4)C[C@@H]23)no1. The predicted octanol–water partition coefficient (Wildman–Crippen LogP) is 4.00. The summed E-state index contributed by atoms with van der Waals surface area (Å²) in [5, 5.41) is 8.11. The molecule has 4 aliphatic rings. The topological polar surface area (TPSA) is 201 Å². The molecule has 2 aliphatic carbocycles. The van der Waals surface area contributed by atoms with Crippen LogP contribution in [-0.4, -0.2) is 85.1 Å². The number of rotatable bonds is 7. The fourth-order valence-electron chi connectivity index (χ4n) is 8.73. The standard InChI is InChI=1S/C20H18FN7O2.C14H13ClFN3O.C6H6N4O/c1-26-9-22-19-17(26)20(29)28(10-23-19)8-15-24-18(25-30-15)16-13-6-27(7-14(13)16)12-4-2-3-11(21)5-12;15-5-12-17-14(18-20-12)13-10-6-19(7-11(10)13)9-3-1-2-8(16)4-9;1-10-3-9-5-4(10)6(11)8-2-7-5/h2-5,9-10,13-14,16H,6-8H2,1H3;1-4,10-11,13H,5-7H2;2-3H,1H3,(H,7,8,11)/t13-,14+,16?;10-,11+,13?;/i10D;;2D. The molecule has 18 nitrogen and oxygen atoms in total. The van der Waals surface area contributed by atoms with Gasteiger partial charge in [-0.15, -0.1) is 11.6 Å². The van der Waals surface area contributed by atoms with Crippen LogP contribution in [0.2, 0.25) is 0 Å². The molecule has 0 radical (unpaired) electrons. The minimum atomic E-state index is -0.372. The molecule has 6 aromatic heterocycles. The molecule has 0 spiro atoms. The average molecular weight is 853 g/mol. The van der Waals surface area contributed by atoms with Gasteiger partial charge in [0, 0.05) is 63.5 Å². The fraction of sp³-hybridized carbons (Fsp3) is 0.350. The van der Waals surface area contributed by atoms with Gasteiger partial charge < -0.3 is 33.0 Å². The van der Waals surface area contributed by atoms with E-state index in [4.69, 9.17) is 23.4 Å². The van der Waals surface area contributed by atoms with Gasteiger partial charge in [-0.3, -0.25) is 14.2 Å². The molecule has 312 valence electrons. The Morgan fingerprint density at radius 3 is 1.82 bits per heavy atom. The third-order valence-corrected chi connectivity index (χ3v) is 12.0. The summed E-state index contributed by atoms with van der Waals surface area (Å²) >= 11 is 5.66. The molecule has 4 fully saturated rings. The Kier molecular flexibility index (Phi) is 9.06. The highest BCUT2D eigenvalue weighted by atomic mass is 35.5. The Balaban J connectivity index is 0.000000125. The van der Waals surface area contributed by atoms with Gasteiger partial charge in [0.25, 0.3) is 11.1 Å². The number of aromatic amines is 1. The number of hydrogen-bond acceptors (Lipinski definition) is 14. The van der Waals surface area contributed by atoms with E-state index < -0.39 is 0 Å². The second-order valence-electron chi connectivity index (χ2n) is 15.5. The third-order valence-electron chi connectivity index (χ3n) is 11.8. The van der Waals surface area contributed by atoms with Crippen molar-refractivity contribution in [2.24, 2.45) is 37.8 Å². The maximum absolute atomic E-state index is 13.5. The van der Waals surface area contributed by atoms with E-state index in [1.54, 1.807) is 47.5 Å². The lowest BCUT2D eigenvalue weighted by molar-refractivity contribution is 0.363. The smallest absolute Gasteiger partial charge is 0.280 e. The number of aryl methyl sites for hydroxylation is 2. The lowest BCUT2D eigenvalue weighted by Crippen LogP contribution is -2.24. The van der Waals surface area contributed by atoms with Crippen molar-refractivity contribution in [2.45, 2.75) is 24.3 Å². The van der Waals surface area contributed by atoms with Gasteiger partial charge in [-0.1, -0.05) is 22.4 Å². The van der Waals surface area contributed by atoms with Crippen LogP contribution in [-0.2, 0) is 26.5 Å². The summed E-state index contributed by atoms with van der Waals surface area (Å²) in [6, 6.07) is 13.4. The van der Waals surface area contributed by atoms with E-state index in [-0.39, 0.29) is 65.2 Å². The van der Waals surface area contributed by atoms with E-state index in [1.807, 2.05) is 12.1 Å². The van der Waals surface area contributed by atoms with E-state index >= 15 is 0 Å². The monoisotopic (exact) mass is 852 g/mol. The van der Waals surface area contributed by atoms with Crippen molar-refractivity contribution in [1.82, 2.24) is 58.9 Å². The van der Waals surface area contributed by atoms with Crippen LogP contribution < -0.4 is 20.9 Å². The van der Waals surface area contributed by atoms with Gasteiger partial charge in [0.05, 0.1) is 19.0 Å². The third kappa shape index (κ3) is 7.29. The molecular formula is C40H37ClF2N14O4. The molecule has 2 aliphatic heterocycles. The molecule has 12 rings (SSSR count). The minimum absolute atomic E-state index is 0.0176. The lowest BCUT2D eigenvalue weighted by atomic mass is 10.2. The number of H-pyrrole nitrogens is 1. The molecule has 8 aromatic rings. The summed E-state index contributed by atoms with van der Waals surface area (Å²) in [6.45, 7) is 3.46. The first kappa shape index (κ1) is 36.1. The van der Waals surface area contributed by atoms with Crippen LogP contribution in [0.5, 0.6) is 0 Å². The van der Waals surface area contributed by atoms with E-state index in [2.05, 4.69) is 55.0 Å². The van der Waals surface area contributed by atoms with Gasteiger partial charge in [0.2, 0.25) is 11.8 Å². The molecule has 0 amide bonds. The number of aromatic nitrogens is 12. The first-order chi connectivity index (χ1) is 30.4. The Morgan fingerprint density at radius 2 is 1.28 bits per heavy atom. The number of hydrogen-bond donors (Lipinski definition) is 1. The molecule has 1 N–H and O–H groups in total. The first-order valence-corrected chi connectivity index (χ1v) is 20.0. The largest absolute Gasteiger partial charge is 0.371 e. The molecule has 2 aromatic carbocycles. The van der Waals surface area contributed by atoms with Crippen molar-refractivity contribution >= 4 is 45.3 Å². The Labute approximate surface area is 351 Å². The maximum atomic E-state index is 13.5. The van der Waals surface area contributed by atoms with Gasteiger partial charge in [0.15, 0.2) is 34.0 Å². The van der Waals surface area contributed by atoms with Crippen molar-refractivity contribution in [2.75, 3.05) is 36.0 Å². The van der Waals surface area contributed by atoms with Crippen LogP contribution >= 0.6 is 11.6 Å². The van der Waals surface area contributed by atoms with E-state index in [0.29, 0.717) is 58.0 Å². The van der Waals surface area contributed by atoms with Crippen molar-refractivity contribution in [3.05, 3.63) is 130 Å². The van der Waals surface area contributed by atoms with E-state index in [0.717, 1.165) is 43.4 Å². The van der Waals surface area contributed by atoms with Crippen LogP contribution in [0.25, 0.3) is 22.3 Å². The van der Waals surface area contributed by atoms with E-state index in [9.17, 15) is 18.4 Å². The predicted molar refractivity (Wildman–Crippen MR) is 216 cm³/mol. The number of alkyl halides is 1. The number of imidazole rings is 2. The fourth-order valence-corrected chi connectivity index (χ4v) is 8.84. The number of nitrogens with zero attached hydrogens (tertiary/aromatic N) is 13. The van der Waals surface area contributed by atoms with Crippen LogP contribution in [0.1, 0.15) is 38.0 Å². The van der Waals surface area contributed by atoms with Gasteiger partial charge in [-0.05, 0) is 60.1 Å². The van der Waals surface area contributed by atoms with E-state index in [1.165, 1.54) is 29.4 Å². The molecule has 2 saturated heterocycles. The number of piperidine rings is 2. The van der Waals surface area contributed by atoms with Crippen LogP contribution in [0.15, 0.2) is 92.4 Å². The highest BCUT2D eigenvalue weighted by Crippen LogP contribution is 2.59. The van der Waals surface area contributed by atoms with Gasteiger partial charge in [-0.2, -0.15) is 9.97 Å². The van der Waals surface area contributed by atoms with Crippen molar-refractivity contribution in [1.29, 1.82) is 0 Å². The van der Waals surface area contributed by atoms with Crippen LogP contribution in [0.3, 0.4) is 0 Å². The quantitative estimate of drug-likeness (QED) is 0.226. The summed E-state index contributed by atoms with van der Waals surface area (Å²) in [5.74, 6) is 4.42. The Bertz CT molecular complexity index is 3110. The number of benzene rings is 2.